The van der Waals surface area contributed by atoms with Crippen LogP contribution in [0.5, 0.6) is 0 Å². The lowest BCUT2D eigenvalue weighted by Gasteiger charge is -1.99. The van der Waals surface area contributed by atoms with Crippen LogP contribution >= 0.6 is 0 Å². The van der Waals surface area contributed by atoms with Crippen LogP contribution in [0.25, 0.3) is 0 Å². The van der Waals surface area contributed by atoms with Crippen molar-refractivity contribution < 1.29 is 4.74 Å². The monoisotopic (exact) mass is 280 g/mol. The predicted molar refractivity (Wildman–Crippen MR) is 89.2 cm³/mol. The van der Waals surface area contributed by atoms with E-state index in [1.807, 2.05) is 0 Å². The number of hydrogen-bond donors (Lipinski definition) is 0. The lowest BCUT2D eigenvalue weighted by Crippen LogP contribution is -1.93. The van der Waals surface area contributed by atoms with E-state index in [-0.39, 0.29) is 0 Å². The first-order chi connectivity index (χ1) is 9.88. The molecule has 1 saturated heterocycles. The molecule has 0 aromatic carbocycles. The van der Waals surface area contributed by atoms with E-state index in [9.17, 15) is 0 Å². The summed E-state index contributed by atoms with van der Waals surface area (Å²) in [6.07, 6.45) is 23.4. The maximum Gasteiger partial charge on any atom is 0.0876 e. The molecule has 2 atom stereocenters. The molecular formula is C19H36O. The van der Waals surface area contributed by atoms with Gasteiger partial charge in [0.05, 0.1) is 12.2 Å². The molecule has 0 unspecified atom stereocenters. The standard InChI is InChI=1S/C19H36O/c1-3-5-7-9-11-13-15-17-19-18(20-19)16-14-12-10-8-6-4-2/h12,14,18-19H,3-11,13,15-17H2,1-2H3/b14-12-/t18-,19-/m1/s1. The van der Waals surface area contributed by atoms with Gasteiger partial charge in [-0.2, -0.15) is 0 Å². The Kier molecular flexibility index (Phi) is 11.0. The molecule has 1 nitrogen and oxygen atoms in total. The van der Waals surface area contributed by atoms with Crippen LogP contribution in [0.3, 0.4) is 0 Å². The van der Waals surface area contributed by atoms with Gasteiger partial charge in [-0.3, -0.25) is 0 Å². The van der Waals surface area contributed by atoms with E-state index < -0.39 is 0 Å². The number of rotatable bonds is 14. The SMILES string of the molecule is CCCCC/C=C\C[C@H]1O[C@@H]1CCCCCCCCC. The van der Waals surface area contributed by atoms with Crippen LogP contribution in [-0.4, -0.2) is 12.2 Å². The van der Waals surface area contributed by atoms with E-state index >= 15 is 0 Å². The highest BCUT2D eigenvalue weighted by molar-refractivity contribution is 4.93. The van der Waals surface area contributed by atoms with Crippen LogP contribution in [-0.2, 0) is 4.74 Å². The van der Waals surface area contributed by atoms with Crippen molar-refractivity contribution in [3.05, 3.63) is 12.2 Å². The number of ether oxygens (including phenoxy) is 1. The van der Waals surface area contributed by atoms with Gasteiger partial charge in [0.2, 0.25) is 0 Å². The van der Waals surface area contributed by atoms with Crippen LogP contribution in [0.1, 0.15) is 97.3 Å². The maximum absolute atomic E-state index is 5.74. The summed E-state index contributed by atoms with van der Waals surface area (Å²) in [5, 5.41) is 0. The van der Waals surface area contributed by atoms with Gasteiger partial charge < -0.3 is 4.74 Å². The largest absolute Gasteiger partial charge is 0.369 e. The molecule has 0 N–H and O–H groups in total. The predicted octanol–water partition coefficient (Wildman–Crippen LogP) is 6.42. The quantitative estimate of drug-likeness (QED) is 0.203. The van der Waals surface area contributed by atoms with Gasteiger partial charge in [-0.05, 0) is 25.7 Å². The van der Waals surface area contributed by atoms with Gasteiger partial charge in [-0.15, -0.1) is 0 Å². The number of epoxide rings is 1. The fourth-order valence-electron chi connectivity index (χ4n) is 2.80. The smallest absolute Gasteiger partial charge is 0.0876 e. The van der Waals surface area contributed by atoms with Crippen molar-refractivity contribution in [1.82, 2.24) is 0 Å². The zero-order valence-electron chi connectivity index (χ0n) is 13.9. The molecule has 1 fully saturated rings. The Morgan fingerprint density at radius 1 is 0.700 bits per heavy atom. The Morgan fingerprint density at radius 2 is 1.35 bits per heavy atom. The Hall–Kier alpha value is -0.300. The Balaban J connectivity index is 1.81. The molecule has 20 heavy (non-hydrogen) atoms. The molecule has 0 amide bonds. The second kappa shape index (κ2) is 12.4. The first-order valence-corrected chi connectivity index (χ1v) is 9.19. The molecule has 0 spiro atoms. The summed E-state index contributed by atoms with van der Waals surface area (Å²) < 4.78 is 5.74. The molecule has 1 aliphatic rings. The zero-order valence-corrected chi connectivity index (χ0v) is 13.9. The van der Waals surface area contributed by atoms with E-state index in [1.54, 1.807) is 0 Å². The average molecular weight is 280 g/mol. The van der Waals surface area contributed by atoms with Crippen LogP contribution in [0, 0.1) is 0 Å². The van der Waals surface area contributed by atoms with Crippen molar-refractivity contribution in [2.24, 2.45) is 0 Å². The van der Waals surface area contributed by atoms with E-state index in [4.69, 9.17) is 4.74 Å². The molecule has 0 aliphatic carbocycles. The minimum absolute atomic E-state index is 0.553. The van der Waals surface area contributed by atoms with Crippen LogP contribution in [0.2, 0.25) is 0 Å². The van der Waals surface area contributed by atoms with Gasteiger partial charge in [0.25, 0.3) is 0 Å². The molecule has 1 rings (SSSR count). The summed E-state index contributed by atoms with van der Waals surface area (Å²) in [4.78, 5) is 0. The molecule has 1 heteroatoms. The minimum atomic E-state index is 0.553. The van der Waals surface area contributed by atoms with Gasteiger partial charge in [0.1, 0.15) is 0 Å². The first-order valence-electron chi connectivity index (χ1n) is 9.19. The zero-order chi connectivity index (χ0) is 14.5. The van der Waals surface area contributed by atoms with Gasteiger partial charge in [-0.1, -0.05) is 83.8 Å². The number of unbranched alkanes of at least 4 members (excludes halogenated alkanes) is 9. The van der Waals surface area contributed by atoms with E-state index in [2.05, 4.69) is 26.0 Å². The Labute approximate surface area is 127 Å². The van der Waals surface area contributed by atoms with E-state index in [0.29, 0.717) is 12.2 Å². The van der Waals surface area contributed by atoms with Crippen LogP contribution in [0.4, 0.5) is 0 Å². The fourth-order valence-corrected chi connectivity index (χ4v) is 2.80. The average Bonchev–Trinajstić information content (AvgIpc) is 3.20. The Morgan fingerprint density at radius 3 is 2.10 bits per heavy atom. The highest BCUT2D eigenvalue weighted by atomic mass is 16.6. The highest BCUT2D eigenvalue weighted by Gasteiger charge is 2.36. The minimum Gasteiger partial charge on any atom is -0.369 e. The van der Waals surface area contributed by atoms with Gasteiger partial charge >= 0.3 is 0 Å². The molecule has 0 saturated carbocycles. The third kappa shape index (κ3) is 9.58. The molecule has 0 aromatic heterocycles. The topological polar surface area (TPSA) is 12.5 Å². The van der Waals surface area contributed by atoms with Gasteiger partial charge in [0, 0.05) is 0 Å². The summed E-state index contributed by atoms with van der Waals surface area (Å²) >= 11 is 0. The molecule has 1 aliphatic heterocycles. The van der Waals surface area contributed by atoms with Crippen molar-refractivity contribution >= 4 is 0 Å². The summed E-state index contributed by atoms with van der Waals surface area (Å²) in [6.45, 7) is 4.54. The first kappa shape index (κ1) is 17.8. The summed E-state index contributed by atoms with van der Waals surface area (Å²) in [5.74, 6) is 0. The highest BCUT2D eigenvalue weighted by Crippen LogP contribution is 2.30. The van der Waals surface area contributed by atoms with Crippen LogP contribution < -0.4 is 0 Å². The van der Waals surface area contributed by atoms with E-state index in [1.165, 1.54) is 77.0 Å². The van der Waals surface area contributed by atoms with Crippen LogP contribution in [0.15, 0.2) is 12.2 Å². The van der Waals surface area contributed by atoms with Gasteiger partial charge in [-0.25, -0.2) is 0 Å². The van der Waals surface area contributed by atoms with Gasteiger partial charge in [0.15, 0.2) is 0 Å². The maximum atomic E-state index is 5.74. The molecule has 1 heterocycles. The molecular weight excluding hydrogens is 244 g/mol. The molecule has 118 valence electrons. The molecule has 0 bridgehead atoms. The summed E-state index contributed by atoms with van der Waals surface area (Å²) in [7, 11) is 0. The molecule has 0 radical (unpaired) electrons. The Bertz CT molecular complexity index is 234. The number of hydrogen-bond acceptors (Lipinski definition) is 1. The normalized spacial score (nSPS) is 21.7. The lowest BCUT2D eigenvalue weighted by molar-refractivity contribution is 0.358. The third-order valence-corrected chi connectivity index (χ3v) is 4.29. The van der Waals surface area contributed by atoms with Crippen molar-refractivity contribution in [1.29, 1.82) is 0 Å². The summed E-state index contributed by atoms with van der Waals surface area (Å²) in [5.41, 5.74) is 0. The van der Waals surface area contributed by atoms with Crippen molar-refractivity contribution in [3.63, 3.8) is 0 Å². The lowest BCUT2D eigenvalue weighted by atomic mass is 10.1. The fraction of sp³-hybridized carbons (Fsp3) is 0.895. The number of allylic oxidation sites excluding steroid dienone is 1. The van der Waals surface area contributed by atoms with Crippen molar-refractivity contribution in [2.75, 3.05) is 0 Å². The summed E-state index contributed by atoms with van der Waals surface area (Å²) in [6, 6.07) is 0. The van der Waals surface area contributed by atoms with Crippen molar-refractivity contribution in [3.8, 4) is 0 Å². The van der Waals surface area contributed by atoms with E-state index in [0.717, 1.165) is 6.42 Å². The third-order valence-electron chi connectivity index (χ3n) is 4.29. The molecule has 0 aromatic rings. The van der Waals surface area contributed by atoms with Crippen molar-refractivity contribution in [2.45, 2.75) is 110 Å². The second-order valence-electron chi connectivity index (χ2n) is 6.33. The second-order valence-corrected chi connectivity index (χ2v) is 6.33.